The average Bonchev–Trinajstić information content (AvgIpc) is 2.15. The highest BCUT2D eigenvalue weighted by molar-refractivity contribution is 6.35. The summed E-state index contributed by atoms with van der Waals surface area (Å²) in [5.74, 6) is 0.491. The summed E-state index contributed by atoms with van der Waals surface area (Å²) in [6.07, 6.45) is 0.598. The molecule has 5 heteroatoms. The molecule has 0 aliphatic carbocycles. The molecule has 0 heterocycles. The highest BCUT2D eigenvalue weighted by atomic mass is 35.5. The first-order valence-corrected chi connectivity index (χ1v) is 5.53. The normalized spacial score (nSPS) is 11.9. The Labute approximate surface area is 105 Å². The molecule has 0 radical (unpaired) electrons. The van der Waals surface area contributed by atoms with Crippen molar-refractivity contribution >= 4 is 23.2 Å². The van der Waals surface area contributed by atoms with Crippen molar-refractivity contribution in [3.63, 3.8) is 0 Å². The fourth-order valence-corrected chi connectivity index (χ4v) is 1.97. The third-order valence-electron chi connectivity index (χ3n) is 1.91. The molecule has 1 rings (SSSR count). The van der Waals surface area contributed by atoms with E-state index in [0.717, 1.165) is 5.56 Å². The number of hydrogen-bond acceptors (Lipinski definition) is 3. The summed E-state index contributed by atoms with van der Waals surface area (Å²) in [6.45, 7) is 1.83. The molecule has 86 valence electrons. The Morgan fingerprint density at radius 2 is 2.19 bits per heavy atom. The summed E-state index contributed by atoms with van der Waals surface area (Å²) in [4.78, 5) is 0. The lowest BCUT2D eigenvalue weighted by atomic mass is 10.1. The molecule has 0 fully saturated rings. The third kappa shape index (κ3) is 3.57. The number of ether oxygens (including phenoxy) is 1. The quantitative estimate of drug-likeness (QED) is 0.904. The Bertz CT molecular complexity index is 413. The van der Waals surface area contributed by atoms with Gasteiger partial charge < -0.3 is 10.5 Å². The Balaban J connectivity index is 3.06. The third-order valence-corrected chi connectivity index (χ3v) is 2.41. The van der Waals surface area contributed by atoms with Gasteiger partial charge >= 0.3 is 0 Å². The minimum absolute atomic E-state index is 0.0287. The molecule has 0 aromatic heterocycles. The van der Waals surface area contributed by atoms with Crippen LogP contribution >= 0.6 is 23.2 Å². The van der Waals surface area contributed by atoms with Gasteiger partial charge in [-0.2, -0.15) is 5.26 Å². The van der Waals surface area contributed by atoms with Crippen LogP contribution in [0.2, 0.25) is 10.0 Å². The van der Waals surface area contributed by atoms with Crippen LogP contribution in [0.25, 0.3) is 0 Å². The van der Waals surface area contributed by atoms with Crippen molar-refractivity contribution in [1.82, 2.24) is 0 Å². The van der Waals surface area contributed by atoms with Gasteiger partial charge in [-0.15, -0.1) is 0 Å². The summed E-state index contributed by atoms with van der Waals surface area (Å²) in [5, 5.41) is 9.41. The fourth-order valence-electron chi connectivity index (χ4n) is 1.38. The maximum Gasteiger partial charge on any atom is 0.174 e. The number of rotatable bonds is 4. The standard InChI is InChI=1S/C11H12Cl2N2O/c1-7(15)4-8-5-9(12)6-10(13)11(8)16-3-2-14/h5-7H,3-4,15H2,1H3. The second kappa shape index (κ2) is 5.95. The zero-order valence-electron chi connectivity index (χ0n) is 8.84. The summed E-state index contributed by atoms with van der Waals surface area (Å²) in [6, 6.07) is 5.20. The molecule has 1 aromatic carbocycles. The van der Waals surface area contributed by atoms with Crippen LogP contribution in [0.15, 0.2) is 12.1 Å². The van der Waals surface area contributed by atoms with E-state index in [2.05, 4.69) is 0 Å². The summed E-state index contributed by atoms with van der Waals surface area (Å²) < 4.78 is 5.27. The van der Waals surface area contributed by atoms with Gasteiger partial charge in [0.2, 0.25) is 0 Å². The van der Waals surface area contributed by atoms with E-state index in [9.17, 15) is 0 Å². The van der Waals surface area contributed by atoms with E-state index >= 15 is 0 Å². The molecule has 16 heavy (non-hydrogen) atoms. The molecule has 0 saturated heterocycles. The molecule has 1 aromatic rings. The van der Waals surface area contributed by atoms with Crippen LogP contribution in [0.4, 0.5) is 0 Å². The van der Waals surface area contributed by atoms with Crippen LogP contribution < -0.4 is 10.5 Å². The monoisotopic (exact) mass is 258 g/mol. The molecule has 1 atom stereocenters. The van der Waals surface area contributed by atoms with Crippen LogP contribution in [0, 0.1) is 11.3 Å². The van der Waals surface area contributed by atoms with Crippen LogP contribution in [-0.4, -0.2) is 12.6 Å². The molecule has 0 amide bonds. The van der Waals surface area contributed by atoms with Gasteiger partial charge in [0.25, 0.3) is 0 Å². The minimum Gasteiger partial charge on any atom is -0.477 e. The van der Waals surface area contributed by atoms with E-state index in [-0.39, 0.29) is 12.6 Å². The van der Waals surface area contributed by atoms with Gasteiger partial charge in [0.15, 0.2) is 6.61 Å². The average molecular weight is 259 g/mol. The zero-order valence-corrected chi connectivity index (χ0v) is 10.3. The lowest BCUT2D eigenvalue weighted by molar-refractivity contribution is 0.363. The van der Waals surface area contributed by atoms with Crippen molar-refractivity contribution in [1.29, 1.82) is 5.26 Å². The molecule has 0 saturated carbocycles. The molecular weight excluding hydrogens is 247 g/mol. The minimum atomic E-state index is -0.0483. The van der Waals surface area contributed by atoms with Gasteiger partial charge in [0.1, 0.15) is 11.8 Å². The first-order valence-electron chi connectivity index (χ1n) is 4.78. The highest BCUT2D eigenvalue weighted by Crippen LogP contribution is 2.33. The topological polar surface area (TPSA) is 59.0 Å². The summed E-state index contributed by atoms with van der Waals surface area (Å²) >= 11 is 11.9. The number of benzene rings is 1. The SMILES string of the molecule is CC(N)Cc1cc(Cl)cc(Cl)c1OCC#N. The Morgan fingerprint density at radius 3 is 2.75 bits per heavy atom. The second-order valence-electron chi connectivity index (χ2n) is 3.50. The lowest BCUT2D eigenvalue weighted by Crippen LogP contribution is -2.18. The molecule has 3 nitrogen and oxygen atoms in total. The summed E-state index contributed by atoms with van der Waals surface area (Å²) in [7, 11) is 0. The Kier molecular flexibility index (Phi) is 4.88. The van der Waals surface area contributed by atoms with E-state index in [1.54, 1.807) is 12.1 Å². The van der Waals surface area contributed by atoms with Crippen molar-refractivity contribution in [2.24, 2.45) is 5.73 Å². The number of halogens is 2. The first-order chi connectivity index (χ1) is 7.54. The molecule has 0 bridgehead atoms. The smallest absolute Gasteiger partial charge is 0.174 e. The van der Waals surface area contributed by atoms with Crippen molar-refractivity contribution in [3.05, 3.63) is 27.7 Å². The molecule has 1 unspecified atom stereocenters. The molecular formula is C11H12Cl2N2O. The van der Waals surface area contributed by atoms with Gasteiger partial charge in [-0.1, -0.05) is 23.2 Å². The lowest BCUT2D eigenvalue weighted by Gasteiger charge is -2.13. The maximum atomic E-state index is 8.48. The molecule has 0 spiro atoms. The molecule has 2 N–H and O–H groups in total. The largest absolute Gasteiger partial charge is 0.477 e. The number of hydrogen-bond donors (Lipinski definition) is 1. The van der Waals surface area contributed by atoms with Gasteiger partial charge in [-0.3, -0.25) is 0 Å². The van der Waals surface area contributed by atoms with Crippen molar-refractivity contribution in [2.45, 2.75) is 19.4 Å². The van der Waals surface area contributed by atoms with Gasteiger partial charge in [-0.25, -0.2) is 0 Å². The van der Waals surface area contributed by atoms with Crippen molar-refractivity contribution in [2.75, 3.05) is 6.61 Å². The second-order valence-corrected chi connectivity index (χ2v) is 4.35. The van der Waals surface area contributed by atoms with Crippen molar-refractivity contribution in [3.8, 4) is 11.8 Å². The predicted octanol–water partition coefficient (Wildman–Crippen LogP) is 2.79. The molecule has 0 aliphatic heterocycles. The maximum absolute atomic E-state index is 8.48. The summed E-state index contributed by atoms with van der Waals surface area (Å²) in [5.41, 5.74) is 6.54. The van der Waals surface area contributed by atoms with Crippen LogP contribution in [0.5, 0.6) is 5.75 Å². The van der Waals surface area contributed by atoms with E-state index in [1.165, 1.54) is 0 Å². The van der Waals surface area contributed by atoms with E-state index < -0.39 is 0 Å². The Morgan fingerprint density at radius 1 is 1.50 bits per heavy atom. The van der Waals surface area contributed by atoms with Crippen LogP contribution in [0.3, 0.4) is 0 Å². The Hall–Kier alpha value is -0.950. The van der Waals surface area contributed by atoms with Gasteiger partial charge in [0, 0.05) is 11.1 Å². The number of nitriles is 1. The van der Waals surface area contributed by atoms with E-state index in [1.807, 2.05) is 13.0 Å². The number of nitrogens with zero attached hydrogens (tertiary/aromatic N) is 1. The molecule has 0 aliphatic rings. The zero-order chi connectivity index (χ0) is 12.1. The van der Waals surface area contributed by atoms with E-state index in [4.69, 9.17) is 38.9 Å². The van der Waals surface area contributed by atoms with Crippen LogP contribution in [-0.2, 0) is 6.42 Å². The predicted molar refractivity (Wildman–Crippen MR) is 64.9 cm³/mol. The van der Waals surface area contributed by atoms with Crippen molar-refractivity contribution < 1.29 is 4.74 Å². The fraction of sp³-hybridized carbons (Fsp3) is 0.364. The highest BCUT2D eigenvalue weighted by Gasteiger charge is 2.12. The van der Waals surface area contributed by atoms with Crippen LogP contribution in [0.1, 0.15) is 12.5 Å². The van der Waals surface area contributed by atoms with Gasteiger partial charge in [-0.05, 0) is 31.0 Å². The van der Waals surface area contributed by atoms with E-state index in [0.29, 0.717) is 22.2 Å². The first kappa shape index (κ1) is 13.1. The van der Waals surface area contributed by atoms with Gasteiger partial charge in [0.05, 0.1) is 5.02 Å². The number of nitrogens with two attached hydrogens (primary N) is 1.